The van der Waals surface area contributed by atoms with Crippen LogP contribution in [0.3, 0.4) is 0 Å². The second-order valence-corrected chi connectivity index (χ2v) is 7.37. The second kappa shape index (κ2) is 6.25. The van der Waals surface area contributed by atoms with E-state index in [-0.39, 0.29) is 11.8 Å². The number of thiophene rings is 2. The van der Waals surface area contributed by atoms with Crippen LogP contribution in [0.15, 0.2) is 39.5 Å². The average Bonchev–Trinajstić information content (AvgIpc) is 3.36. The molecule has 0 aromatic carbocycles. The standard InChI is InChI=1S/C16H15N3O2S2/c20-16(13-4-2-10-23-13)19-7-5-11(6-8-19)15-17-14(18-21-15)12-3-1-9-22-12/h1-4,9-11H,5-8H2. The van der Waals surface area contributed by atoms with Crippen LogP contribution in [0.4, 0.5) is 0 Å². The molecular formula is C16H15N3O2S2. The zero-order valence-corrected chi connectivity index (χ0v) is 14.0. The van der Waals surface area contributed by atoms with Crippen LogP contribution in [0.2, 0.25) is 0 Å². The Hall–Kier alpha value is -1.99. The van der Waals surface area contributed by atoms with Crippen molar-refractivity contribution in [3.63, 3.8) is 0 Å². The highest BCUT2D eigenvalue weighted by molar-refractivity contribution is 7.13. The summed E-state index contributed by atoms with van der Waals surface area (Å²) in [6.07, 6.45) is 1.73. The fourth-order valence-corrected chi connectivity index (χ4v) is 4.13. The van der Waals surface area contributed by atoms with E-state index in [1.54, 1.807) is 11.3 Å². The molecule has 7 heteroatoms. The van der Waals surface area contributed by atoms with E-state index in [0.717, 1.165) is 35.7 Å². The van der Waals surface area contributed by atoms with Gasteiger partial charge in [-0.25, -0.2) is 0 Å². The molecule has 0 radical (unpaired) electrons. The van der Waals surface area contributed by atoms with Crippen molar-refractivity contribution in [2.24, 2.45) is 0 Å². The molecule has 0 atom stereocenters. The molecule has 4 heterocycles. The first-order valence-corrected chi connectivity index (χ1v) is 9.27. The van der Waals surface area contributed by atoms with E-state index >= 15 is 0 Å². The molecule has 0 spiro atoms. The van der Waals surface area contributed by atoms with Gasteiger partial charge in [0.25, 0.3) is 5.91 Å². The van der Waals surface area contributed by atoms with Gasteiger partial charge in [0.15, 0.2) is 0 Å². The Labute approximate surface area is 141 Å². The van der Waals surface area contributed by atoms with Gasteiger partial charge in [0.2, 0.25) is 11.7 Å². The first-order chi connectivity index (χ1) is 11.3. The third-order valence-electron chi connectivity index (χ3n) is 4.05. The molecule has 4 rings (SSSR count). The molecular weight excluding hydrogens is 330 g/mol. The van der Waals surface area contributed by atoms with Crippen molar-refractivity contribution in [2.75, 3.05) is 13.1 Å². The van der Waals surface area contributed by atoms with Crippen LogP contribution in [0.5, 0.6) is 0 Å². The van der Waals surface area contributed by atoms with Crippen LogP contribution in [-0.2, 0) is 0 Å². The summed E-state index contributed by atoms with van der Waals surface area (Å²) in [6, 6.07) is 7.76. The Morgan fingerprint density at radius 3 is 2.65 bits per heavy atom. The maximum absolute atomic E-state index is 12.3. The van der Waals surface area contributed by atoms with Gasteiger partial charge in [0.1, 0.15) is 0 Å². The molecule has 0 bridgehead atoms. The summed E-state index contributed by atoms with van der Waals surface area (Å²) in [7, 11) is 0. The van der Waals surface area contributed by atoms with E-state index in [1.165, 1.54) is 11.3 Å². The highest BCUT2D eigenvalue weighted by Gasteiger charge is 2.28. The molecule has 23 heavy (non-hydrogen) atoms. The SMILES string of the molecule is O=C(c1cccs1)N1CCC(c2nc(-c3cccs3)no2)CC1. The zero-order chi connectivity index (χ0) is 15.6. The van der Waals surface area contributed by atoms with Gasteiger partial charge in [-0.15, -0.1) is 22.7 Å². The summed E-state index contributed by atoms with van der Waals surface area (Å²) in [4.78, 5) is 20.6. The minimum Gasteiger partial charge on any atom is -0.339 e. The van der Waals surface area contributed by atoms with E-state index in [1.807, 2.05) is 39.9 Å². The molecule has 3 aromatic rings. The Morgan fingerprint density at radius 2 is 1.96 bits per heavy atom. The van der Waals surface area contributed by atoms with Crippen molar-refractivity contribution in [3.8, 4) is 10.7 Å². The maximum atomic E-state index is 12.3. The Balaban J connectivity index is 1.41. The lowest BCUT2D eigenvalue weighted by Gasteiger charge is -2.30. The van der Waals surface area contributed by atoms with Crippen LogP contribution >= 0.6 is 22.7 Å². The van der Waals surface area contributed by atoms with Gasteiger partial charge >= 0.3 is 0 Å². The molecule has 5 nitrogen and oxygen atoms in total. The van der Waals surface area contributed by atoms with Crippen molar-refractivity contribution >= 4 is 28.6 Å². The molecule has 1 aliphatic rings. The van der Waals surface area contributed by atoms with E-state index in [9.17, 15) is 4.79 Å². The van der Waals surface area contributed by atoms with Crippen molar-refractivity contribution in [3.05, 3.63) is 45.8 Å². The number of piperidine rings is 1. The largest absolute Gasteiger partial charge is 0.339 e. The minimum absolute atomic E-state index is 0.128. The van der Waals surface area contributed by atoms with Crippen molar-refractivity contribution in [1.82, 2.24) is 15.0 Å². The number of hydrogen-bond donors (Lipinski definition) is 0. The number of hydrogen-bond acceptors (Lipinski definition) is 6. The summed E-state index contributed by atoms with van der Waals surface area (Å²) in [5.74, 6) is 1.72. The van der Waals surface area contributed by atoms with Gasteiger partial charge in [-0.3, -0.25) is 4.79 Å². The lowest BCUT2D eigenvalue weighted by Crippen LogP contribution is -2.37. The summed E-state index contributed by atoms with van der Waals surface area (Å²) in [5.41, 5.74) is 0. The quantitative estimate of drug-likeness (QED) is 0.723. The fraction of sp³-hybridized carbons (Fsp3) is 0.312. The first kappa shape index (κ1) is 14.6. The van der Waals surface area contributed by atoms with Crippen molar-refractivity contribution in [1.29, 1.82) is 0 Å². The summed E-state index contributed by atoms with van der Waals surface area (Å²) in [5, 5.41) is 8.01. The summed E-state index contributed by atoms with van der Waals surface area (Å²) in [6.45, 7) is 1.47. The molecule has 0 aliphatic carbocycles. The predicted molar refractivity (Wildman–Crippen MR) is 89.8 cm³/mol. The summed E-state index contributed by atoms with van der Waals surface area (Å²) >= 11 is 3.09. The van der Waals surface area contributed by atoms with Crippen LogP contribution in [-0.4, -0.2) is 34.0 Å². The van der Waals surface area contributed by atoms with Crippen molar-refractivity contribution < 1.29 is 9.32 Å². The molecule has 0 unspecified atom stereocenters. The van der Waals surface area contributed by atoms with Crippen LogP contribution in [0, 0.1) is 0 Å². The number of carbonyl (C=O) groups is 1. The summed E-state index contributed by atoms with van der Waals surface area (Å²) < 4.78 is 5.44. The fourth-order valence-electron chi connectivity index (χ4n) is 2.79. The topological polar surface area (TPSA) is 59.2 Å². The van der Waals surface area contributed by atoms with Gasteiger partial charge in [0, 0.05) is 19.0 Å². The van der Waals surface area contributed by atoms with E-state index in [2.05, 4.69) is 10.1 Å². The number of likely N-dealkylation sites (tertiary alicyclic amines) is 1. The van der Waals surface area contributed by atoms with Crippen LogP contribution in [0.25, 0.3) is 10.7 Å². The molecule has 118 valence electrons. The molecule has 1 amide bonds. The molecule has 1 saturated heterocycles. The Kier molecular flexibility index (Phi) is 3.97. The predicted octanol–water partition coefficient (Wildman–Crippen LogP) is 3.88. The monoisotopic (exact) mass is 345 g/mol. The first-order valence-electron chi connectivity index (χ1n) is 7.51. The lowest BCUT2D eigenvalue weighted by atomic mass is 9.96. The lowest BCUT2D eigenvalue weighted by molar-refractivity contribution is 0.0709. The minimum atomic E-state index is 0.128. The molecule has 1 fully saturated rings. The highest BCUT2D eigenvalue weighted by atomic mass is 32.1. The van der Waals surface area contributed by atoms with Gasteiger partial charge in [0.05, 0.1) is 9.75 Å². The van der Waals surface area contributed by atoms with Crippen LogP contribution < -0.4 is 0 Å². The zero-order valence-electron chi connectivity index (χ0n) is 12.3. The number of amides is 1. The second-order valence-electron chi connectivity index (χ2n) is 5.48. The third-order valence-corrected chi connectivity index (χ3v) is 5.77. The molecule has 1 aliphatic heterocycles. The van der Waals surface area contributed by atoms with Gasteiger partial charge in [-0.2, -0.15) is 4.98 Å². The Morgan fingerprint density at radius 1 is 1.17 bits per heavy atom. The number of nitrogens with zero attached hydrogens (tertiary/aromatic N) is 3. The maximum Gasteiger partial charge on any atom is 0.263 e. The number of rotatable bonds is 3. The van der Waals surface area contributed by atoms with E-state index in [4.69, 9.17) is 4.52 Å². The van der Waals surface area contributed by atoms with E-state index < -0.39 is 0 Å². The van der Waals surface area contributed by atoms with Gasteiger partial charge in [-0.1, -0.05) is 17.3 Å². The molecule has 0 N–H and O–H groups in total. The molecule has 3 aromatic heterocycles. The number of carbonyl (C=O) groups excluding carboxylic acids is 1. The third kappa shape index (κ3) is 2.94. The van der Waals surface area contributed by atoms with Crippen LogP contribution in [0.1, 0.15) is 34.3 Å². The van der Waals surface area contributed by atoms with E-state index in [0.29, 0.717) is 11.7 Å². The van der Waals surface area contributed by atoms with Crippen molar-refractivity contribution in [2.45, 2.75) is 18.8 Å². The number of aromatic nitrogens is 2. The highest BCUT2D eigenvalue weighted by Crippen LogP contribution is 2.30. The molecule has 0 saturated carbocycles. The van der Waals surface area contributed by atoms with Gasteiger partial charge in [-0.05, 0) is 35.7 Å². The normalized spacial score (nSPS) is 15.9. The smallest absolute Gasteiger partial charge is 0.263 e. The van der Waals surface area contributed by atoms with Gasteiger partial charge < -0.3 is 9.42 Å². The Bertz CT molecular complexity index is 772. The average molecular weight is 345 g/mol.